The molecule has 90 valence electrons. The van der Waals surface area contributed by atoms with Crippen LogP contribution in [0.1, 0.15) is 17.5 Å². The molecule has 0 radical (unpaired) electrons. The van der Waals surface area contributed by atoms with Crippen LogP contribution < -0.4 is 5.73 Å². The highest BCUT2D eigenvalue weighted by molar-refractivity contribution is 5.78. The minimum atomic E-state index is 0.693. The van der Waals surface area contributed by atoms with Crippen LogP contribution >= 0.6 is 0 Å². The fourth-order valence-corrected chi connectivity index (χ4v) is 1.77. The third-order valence-corrected chi connectivity index (χ3v) is 3.07. The zero-order chi connectivity index (χ0) is 12.1. The van der Waals surface area contributed by atoms with Gasteiger partial charge in [-0.25, -0.2) is 0 Å². The van der Waals surface area contributed by atoms with Crippen LogP contribution in [0.25, 0.3) is 6.08 Å². The molecule has 1 heterocycles. The van der Waals surface area contributed by atoms with E-state index in [9.17, 15) is 0 Å². The van der Waals surface area contributed by atoms with E-state index in [2.05, 4.69) is 40.7 Å². The van der Waals surface area contributed by atoms with Crippen LogP contribution in [0.2, 0.25) is 0 Å². The Labute approximate surface area is 103 Å². The molecule has 1 aromatic carbocycles. The van der Waals surface area contributed by atoms with E-state index < -0.39 is 0 Å². The molecule has 0 saturated carbocycles. The predicted molar refractivity (Wildman–Crippen MR) is 72.9 cm³/mol. The van der Waals surface area contributed by atoms with Crippen molar-refractivity contribution in [2.24, 2.45) is 10.7 Å². The lowest BCUT2D eigenvalue weighted by Gasteiger charge is -2.31. The predicted octanol–water partition coefficient (Wildman–Crippen LogP) is 1.89. The van der Waals surface area contributed by atoms with Gasteiger partial charge in [0.2, 0.25) is 0 Å². The van der Waals surface area contributed by atoms with Gasteiger partial charge in [-0.15, -0.1) is 0 Å². The summed E-state index contributed by atoms with van der Waals surface area (Å²) in [5.74, 6) is 0.693. The van der Waals surface area contributed by atoms with Gasteiger partial charge in [0.15, 0.2) is 5.96 Å². The second kappa shape index (κ2) is 5.53. The summed E-state index contributed by atoms with van der Waals surface area (Å²) in [6.07, 6.45) is 4.02. The lowest BCUT2D eigenvalue weighted by molar-refractivity contribution is 0.296. The van der Waals surface area contributed by atoms with Gasteiger partial charge in [-0.2, -0.15) is 0 Å². The summed E-state index contributed by atoms with van der Waals surface area (Å²) < 4.78 is 0. The number of nitrogens with zero attached hydrogens (tertiary/aromatic N) is 2. The quantitative estimate of drug-likeness (QED) is 0.633. The van der Waals surface area contributed by atoms with Crippen LogP contribution in [0.4, 0.5) is 0 Å². The van der Waals surface area contributed by atoms with E-state index >= 15 is 0 Å². The van der Waals surface area contributed by atoms with E-state index in [4.69, 9.17) is 5.73 Å². The van der Waals surface area contributed by atoms with Crippen molar-refractivity contribution in [3.8, 4) is 0 Å². The van der Waals surface area contributed by atoms with Crippen LogP contribution in [0.15, 0.2) is 35.8 Å². The Kier molecular flexibility index (Phi) is 3.81. The third kappa shape index (κ3) is 3.09. The maximum atomic E-state index is 5.85. The summed E-state index contributed by atoms with van der Waals surface area (Å²) in [6.45, 7) is 6.61. The first-order valence-electron chi connectivity index (χ1n) is 6.06. The smallest absolute Gasteiger partial charge is 0.191 e. The fourth-order valence-electron chi connectivity index (χ4n) is 1.77. The number of nitrogens with two attached hydrogens (primary N) is 1. The highest BCUT2D eigenvalue weighted by Crippen LogP contribution is 2.07. The molecule has 0 unspecified atom stereocenters. The van der Waals surface area contributed by atoms with Crippen molar-refractivity contribution < 1.29 is 0 Å². The molecular weight excluding hydrogens is 210 g/mol. The van der Waals surface area contributed by atoms with Gasteiger partial charge >= 0.3 is 0 Å². The van der Waals surface area contributed by atoms with Gasteiger partial charge in [0.1, 0.15) is 0 Å². The van der Waals surface area contributed by atoms with Gasteiger partial charge in [0, 0.05) is 19.6 Å². The molecular formula is C14H19N3. The Bertz CT molecular complexity index is 402. The molecule has 2 rings (SSSR count). The van der Waals surface area contributed by atoms with Gasteiger partial charge in [-0.3, -0.25) is 4.99 Å². The van der Waals surface area contributed by atoms with Crippen LogP contribution in [-0.4, -0.2) is 30.5 Å². The number of guanidine groups is 1. The summed E-state index contributed by atoms with van der Waals surface area (Å²) in [5.41, 5.74) is 8.29. The first kappa shape index (κ1) is 11.7. The SMILES string of the molecule is C=Cc1ccc(CCN=C(N)N2CCC2)cc1. The summed E-state index contributed by atoms with van der Waals surface area (Å²) in [5, 5.41) is 0. The Morgan fingerprint density at radius 3 is 2.59 bits per heavy atom. The Hall–Kier alpha value is -1.77. The molecule has 0 amide bonds. The van der Waals surface area contributed by atoms with Crippen molar-refractivity contribution >= 4 is 12.0 Å². The zero-order valence-corrected chi connectivity index (χ0v) is 10.1. The number of hydrogen-bond donors (Lipinski definition) is 1. The van der Waals surface area contributed by atoms with Gasteiger partial charge in [-0.1, -0.05) is 36.9 Å². The number of benzene rings is 1. The molecule has 17 heavy (non-hydrogen) atoms. The van der Waals surface area contributed by atoms with Gasteiger partial charge < -0.3 is 10.6 Å². The normalized spacial score (nSPS) is 15.5. The molecule has 2 N–H and O–H groups in total. The monoisotopic (exact) mass is 229 g/mol. The zero-order valence-electron chi connectivity index (χ0n) is 10.1. The van der Waals surface area contributed by atoms with Crippen LogP contribution in [0.5, 0.6) is 0 Å². The van der Waals surface area contributed by atoms with Crippen LogP contribution in [-0.2, 0) is 6.42 Å². The molecule has 1 saturated heterocycles. The summed E-state index contributed by atoms with van der Waals surface area (Å²) in [7, 11) is 0. The lowest BCUT2D eigenvalue weighted by Crippen LogP contribution is -2.46. The van der Waals surface area contributed by atoms with Crippen molar-refractivity contribution in [3.05, 3.63) is 42.0 Å². The first-order chi connectivity index (χ1) is 8.29. The van der Waals surface area contributed by atoms with E-state index in [0.717, 1.165) is 31.6 Å². The minimum absolute atomic E-state index is 0.693. The molecule has 3 heteroatoms. The molecule has 0 aliphatic carbocycles. The van der Waals surface area contributed by atoms with Crippen LogP contribution in [0, 0.1) is 0 Å². The van der Waals surface area contributed by atoms with Crippen LogP contribution in [0.3, 0.4) is 0 Å². The Morgan fingerprint density at radius 2 is 2.06 bits per heavy atom. The second-order valence-electron chi connectivity index (χ2n) is 4.28. The highest BCUT2D eigenvalue weighted by Gasteiger charge is 2.14. The van der Waals surface area contributed by atoms with Crippen molar-refractivity contribution in [1.29, 1.82) is 0 Å². The molecule has 3 nitrogen and oxygen atoms in total. The Morgan fingerprint density at radius 1 is 1.35 bits per heavy atom. The lowest BCUT2D eigenvalue weighted by atomic mass is 10.1. The molecule has 0 spiro atoms. The number of aliphatic imine (C=N–C) groups is 1. The Balaban J connectivity index is 1.82. The van der Waals surface area contributed by atoms with E-state index in [1.54, 1.807) is 0 Å². The molecule has 1 fully saturated rings. The molecule has 0 bridgehead atoms. The van der Waals surface area contributed by atoms with Crippen molar-refractivity contribution in [2.75, 3.05) is 19.6 Å². The second-order valence-corrected chi connectivity index (χ2v) is 4.28. The molecule has 0 atom stereocenters. The first-order valence-corrected chi connectivity index (χ1v) is 6.06. The maximum absolute atomic E-state index is 5.85. The summed E-state index contributed by atoms with van der Waals surface area (Å²) in [4.78, 5) is 6.50. The molecule has 0 aromatic heterocycles. The summed E-state index contributed by atoms with van der Waals surface area (Å²) in [6, 6.07) is 8.38. The summed E-state index contributed by atoms with van der Waals surface area (Å²) >= 11 is 0. The topological polar surface area (TPSA) is 41.6 Å². The highest BCUT2D eigenvalue weighted by atomic mass is 15.3. The van der Waals surface area contributed by atoms with Crippen molar-refractivity contribution in [2.45, 2.75) is 12.8 Å². The van der Waals surface area contributed by atoms with Crippen molar-refractivity contribution in [3.63, 3.8) is 0 Å². The van der Waals surface area contributed by atoms with E-state index in [1.807, 2.05) is 6.08 Å². The maximum Gasteiger partial charge on any atom is 0.191 e. The fraction of sp³-hybridized carbons (Fsp3) is 0.357. The van der Waals surface area contributed by atoms with E-state index in [-0.39, 0.29) is 0 Å². The average Bonchev–Trinajstić information content (AvgIpc) is 2.27. The molecule has 1 aliphatic rings. The molecule has 1 aliphatic heterocycles. The third-order valence-electron chi connectivity index (χ3n) is 3.07. The average molecular weight is 229 g/mol. The van der Waals surface area contributed by atoms with E-state index in [1.165, 1.54) is 12.0 Å². The largest absolute Gasteiger partial charge is 0.370 e. The standard InChI is InChI=1S/C14H19N3/c1-2-12-4-6-13(7-5-12)8-9-16-14(15)17-10-3-11-17/h2,4-7H,1,3,8-11H2,(H2,15,16). The molecule has 1 aromatic rings. The van der Waals surface area contributed by atoms with Gasteiger partial charge in [0.05, 0.1) is 0 Å². The number of hydrogen-bond acceptors (Lipinski definition) is 1. The van der Waals surface area contributed by atoms with Crippen molar-refractivity contribution in [1.82, 2.24) is 4.90 Å². The van der Waals surface area contributed by atoms with Gasteiger partial charge in [0.25, 0.3) is 0 Å². The minimum Gasteiger partial charge on any atom is -0.370 e. The van der Waals surface area contributed by atoms with E-state index in [0.29, 0.717) is 5.96 Å². The number of likely N-dealkylation sites (tertiary alicyclic amines) is 1. The number of rotatable bonds is 4. The van der Waals surface area contributed by atoms with Gasteiger partial charge in [-0.05, 0) is 24.0 Å².